The molecule has 0 saturated carbocycles. The van der Waals surface area contributed by atoms with Crippen molar-refractivity contribution >= 4 is 105 Å². The van der Waals surface area contributed by atoms with Crippen LogP contribution in [0.3, 0.4) is 0 Å². The number of fused-ring (bicyclic) bond motifs is 12. The average molecular weight is 1580 g/mol. The van der Waals surface area contributed by atoms with Crippen LogP contribution in [0.4, 0.5) is 28.0 Å². The Morgan fingerprint density at radius 2 is 0.653 bits per heavy atom. The maximum atomic E-state index is 15.8. The van der Waals surface area contributed by atoms with Crippen LogP contribution in [-0.2, 0) is 157 Å². The van der Waals surface area contributed by atoms with E-state index in [1.165, 1.54) is 61.7 Å². The number of carbonyl (C=O) groups excluding carboxylic acids is 8. The molecule has 14 rings (SSSR count). The number of hydrogen-bond donors (Lipinski definition) is 4. The molecule has 510 valence electrons. The van der Waals surface area contributed by atoms with Crippen molar-refractivity contribution in [3.05, 3.63) is 201 Å². The van der Waals surface area contributed by atoms with E-state index in [-0.39, 0.29) is 120 Å². The van der Waals surface area contributed by atoms with Crippen molar-refractivity contribution < 1.29 is 140 Å². The second kappa shape index (κ2) is 38.9. The van der Waals surface area contributed by atoms with Crippen LogP contribution in [0.15, 0.2) is 134 Å². The van der Waals surface area contributed by atoms with Crippen molar-refractivity contribution in [2.45, 2.75) is 44.4 Å². The molecule has 6 aromatic carbocycles. The number of aromatic amines is 4. The Morgan fingerprint density at radius 3 is 0.990 bits per heavy atom. The minimum absolute atomic E-state index is 0. The first-order valence-corrected chi connectivity index (χ1v) is 33.2. The van der Waals surface area contributed by atoms with Gasteiger partial charge in [0.05, 0.1) is 63.4 Å². The Kier molecular flexibility index (Phi) is 32.2. The molecule has 0 aliphatic heterocycles. The Bertz CT molecular complexity index is 4590. The Labute approximate surface area is 633 Å². The predicted molar refractivity (Wildman–Crippen MR) is 376 cm³/mol. The first-order valence-electron chi connectivity index (χ1n) is 29.2. The number of imidazole rings is 2. The molecule has 101 heavy (non-hydrogen) atoms. The number of halogens is 2. The van der Waals surface area contributed by atoms with Crippen molar-refractivity contribution in [2.75, 3.05) is 28.4 Å². The van der Waals surface area contributed by atoms with Crippen LogP contribution in [0.1, 0.15) is 44.5 Å². The number of benzene rings is 6. The van der Waals surface area contributed by atoms with Crippen LogP contribution in [0.2, 0.25) is 0 Å². The van der Waals surface area contributed by atoms with Gasteiger partial charge in [-0.15, -0.1) is 0 Å². The van der Waals surface area contributed by atoms with Gasteiger partial charge < -0.3 is 81.0 Å². The number of nitrogens with one attached hydrogen (secondary N) is 8. The van der Waals surface area contributed by atoms with E-state index >= 15 is 8.78 Å². The molecule has 32 heteroatoms. The molecule has 4 atom stereocenters. The Hall–Kier alpha value is -8.02. The minimum Gasteiger partial charge on any atom is -0.632 e. The summed E-state index contributed by atoms with van der Waals surface area (Å²) < 4.78 is 46.8. The van der Waals surface area contributed by atoms with Crippen molar-refractivity contribution in [1.82, 2.24) is 29.9 Å². The summed E-state index contributed by atoms with van der Waals surface area (Å²) >= 11 is 0. The van der Waals surface area contributed by atoms with Gasteiger partial charge in [-0.1, -0.05) is 91.0 Å². The molecule has 4 heterocycles. The third kappa shape index (κ3) is 20.4. The zero-order chi connectivity index (χ0) is 69.5. The van der Waals surface area contributed by atoms with Crippen molar-refractivity contribution in [3.63, 3.8) is 0 Å². The second-order valence-electron chi connectivity index (χ2n) is 21.4. The van der Waals surface area contributed by atoms with Gasteiger partial charge in [-0.2, -0.15) is 25.9 Å². The first kappa shape index (κ1) is 83.6. The molecule has 10 aromatic rings. The molecule has 4 unspecified atom stereocenters. The first-order chi connectivity index (χ1) is 46.7. The zero-order valence-electron chi connectivity index (χ0n) is 53.8. The summed E-state index contributed by atoms with van der Waals surface area (Å²) in [6.45, 7) is 0. The number of hydrogen-bond acceptors (Lipinski definition) is 14. The van der Waals surface area contributed by atoms with E-state index in [0.717, 1.165) is 123 Å². The fourth-order valence-corrected chi connectivity index (χ4v) is 13.5. The van der Waals surface area contributed by atoms with Crippen LogP contribution < -0.4 is 22.0 Å². The number of methoxy groups -OCH3 is 4. The molecule has 22 nitrogen and oxygen atoms in total. The van der Waals surface area contributed by atoms with Gasteiger partial charge in [0.15, 0.2) is 0 Å². The van der Waals surface area contributed by atoms with E-state index in [4.69, 9.17) is 22.9 Å². The molecule has 0 bridgehead atoms. The molecule has 0 spiro atoms. The normalized spacial score (nSPS) is 12.3. The molecule has 4 aliphatic rings. The third-order valence-electron chi connectivity index (χ3n) is 15.9. The van der Waals surface area contributed by atoms with Crippen LogP contribution >= 0.6 is 34.3 Å². The fraction of sp³-hybridized carbons (Fsp3) is 0.159. The minimum atomic E-state index is -3.15. The van der Waals surface area contributed by atoms with Gasteiger partial charge in [-0.25, -0.2) is 51.2 Å². The van der Waals surface area contributed by atoms with Crippen molar-refractivity contribution in [3.8, 4) is 89.5 Å². The molecular weight excluding hydrogens is 1530 g/mol. The SMILES string of the molecule is COC([NH-])=O.COC([NH-])=O.COC([NH-])=O.COC([NH-])=O.O=[C-]Pc1cc2c([nH]1)-c1ccc(-c3ccc4c(c3)C(F)(F)c3cc(-c5cnc(P[C-]=O)[nH]5)ccc3-4)cc1CC2.O=[C-]Pc1cc2c([nH]1)-c1ccc(-c3ccc4c(c3)CCc3cc(-c5cnc(P[C-]=O)[nH]5)ccc3-4)cc1CC2.[V+2].[V+2].[V+2].[V+2]. The number of H-pyrrole nitrogens is 4. The van der Waals surface area contributed by atoms with Crippen molar-refractivity contribution in [2.24, 2.45) is 0 Å². The number of aryl methyl sites for hydroxylation is 6. The number of carbonyl (C=O) groups is 4. The van der Waals surface area contributed by atoms with E-state index in [1.807, 2.05) is 48.4 Å². The molecule has 4 aliphatic carbocycles. The van der Waals surface area contributed by atoms with Gasteiger partial charge in [0.2, 0.25) is 24.4 Å². The summed E-state index contributed by atoms with van der Waals surface area (Å²) in [5, 5.41) is 0. The molecule has 4 amide bonds. The number of aromatic nitrogens is 6. The van der Waals surface area contributed by atoms with E-state index in [2.05, 4.69) is 116 Å². The fourth-order valence-electron chi connectivity index (χ4n) is 11.6. The quantitative estimate of drug-likeness (QED) is 0.0502. The number of alkyl halides is 2. The molecular formula is C69H58F2N10O12P4V4. The summed E-state index contributed by atoms with van der Waals surface area (Å²) in [7, 11) is 4.37. The Morgan fingerprint density at radius 1 is 0.386 bits per heavy atom. The maximum Gasteiger partial charge on any atom is 2.00 e. The smallest absolute Gasteiger partial charge is 0.632 e. The van der Waals surface area contributed by atoms with Gasteiger partial charge in [0, 0.05) is 50.1 Å². The van der Waals surface area contributed by atoms with Gasteiger partial charge in [-0.05, 0) is 152 Å². The summed E-state index contributed by atoms with van der Waals surface area (Å²) in [5.41, 5.74) is 50.0. The van der Waals surface area contributed by atoms with E-state index in [1.54, 1.807) is 36.7 Å². The number of amides is 4. The van der Waals surface area contributed by atoms with Crippen LogP contribution in [-0.4, -0.2) is 107 Å². The maximum absolute atomic E-state index is 15.8. The monoisotopic (exact) mass is 1580 g/mol. The van der Waals surface area contributed by atoms with Gasteiger partial charge in [-0.3, -0.25) is 19.2 Å². The second-order valence-corrected chi connectivity index (χ2v) is 25.3. The molecule has 0 fully saturated rings. The van der Waals surface area contributed by atoms with Gasteiger partial charge >= 0.3 is 74.2 Å². The summed E-state index contributed by atoms with van der Waals surface area (Å²) in [4.78, 5) is 102. The number of nitrogens with zero attached hydrogens (tertiary/aromatic N) is 2. The van der Waals surface area contributed by atoms with Gasteiger partial charge in [0.25, 0.3) is 5.92 Å². The summed E-state index contributed by atoms with van der Waals surface area (Å²) in [6.07, 6.45) is 5.06. The zero-order valence-corrected chi connectivity index (χ0v) is 63.4. The largest absolute Gasteiger partial charge is 2.00 e. The summed E-state index contributed by atoms with van der Waals surface area (Å²) in [5.74, 6) is -3.15. The van der Waals surface area contributed by atoms with Crippen molar-refractivity contribution in [1.29, 1.82) is 0 Å². The van der Waals surface area contributed by atoms with Crippen LogP contribution in [0, 0.1) is 0 Å². The predicted octanol–water partition coefficient (Wildman–Crippen LogP) is 14.3. The van der Waals surface area contributed by atoms with Crippen LogP contribution in [0.5, 0.6) is 0 Å². The van der Waals surface area contributed by atoms with E-state index in [0.29, 0.717) is 33.5 Å². The van der Waals surface area contributed by atoms with E-state index < -0.39 is 30.3 Å². The number of rotatable bonds is 12. The van der Waals surface area contributed by atoms with E-state index in [9.17, 15) is 38.4 Å². The molecule has 8 N–H and O–H groups in total. The Balaban J connectivity index is 0.000000278. The number of ether oxygens (including phenoxy) is 4. The van der Waals surface area contributed by atoms with Crippen LogP contribution in [0.25, 0.3) is 112 Å². The third-order valence-corrected chi connectivity index (χ3v) is 18.4. The standard InChI is InChI=1S/C31H23N3O2P2.C30H19F2N3O2P2.4C2H5NO2.4V/c35-16-37-29-14-24-4-3-22-12-19(6-10-27(22)30(24)34-29)18-5-8-25-20(11-18)1-2-21-13-23(7-9-26(21)25)28-15-32-31(33-28)38-17-36;31-30(32)24-10-17(16-3-6-21-18(9-16)1-2-20-12-27(38-14-36)35-28(20)21)4-7-22(24)23-8-5-19(11-25(23)30)26-13-33-29(34-26)39-15-37;4*1-5-2(3)4;;;;/h5-15,34,37-38H,1-4H2,(H,32,33);3-13,35,38-39H,1-2H2,(H,33,34);4*1H3,(H2,3,4);;;;/q2*-2;;;;;4*+2/p-4. The summed E-state index contributed by atoms with van der Waals surface area (Å²) in [6, 6.07) is 48.5. The molecule has 0 saturated heterocycles. The topological polar surface area (TPSA) is 358 Å². The average Bonchev–Trinajstić information content (AvgIpc) is 1.60. The molecule has 4 radical (unpaired) electrons. The van der Waals surface area contributed by atoms with Gasteiger partial charge in [0.1, 0.15) is 0 Å². The molecule has 4 aromatic heterocycles.